The number of carbonyl (C=O) groups excluding carboxylic acids is 3. The van der Waals surface area contributed by atoms with Crippen LogP contribution in [0.3, 0.4) is 0 Å². The quantitative estimate of drug-likeness (QED) is 0.856. The lowest BCUT2D eigenvalue weighted by molar-refractivity contribution is -0.156. The molecule has 0 fully saturated rings. The Morgan fingerprint density at radius 3 is 2.61 bits per heavy atom. The van der Waals surface area contributed by atoms with Gasteiger partial charge in [-0.2, -0.15) is 0 Å². The van der Waals surface area contributed by atoms with Crippen molar-refractivity contribution in [1.29, 1.82) is 0 Å². The Morgan fingerprint density at radius 2 is 1.96 bits per heavy atom. The molecule has 0 aromatic heterocycles. The molecule has 1 atom stereocenters. The number of hydrogen-bond donors (Lipinski definition) is 1. The summed E-state index contributed by atoms with van der Waals surface area (Å²) < 4.78 is 10.4. The van der Waals surface area contributed by atoms with Crippen molar-refractivity contribution in [1.82, 2.24) is 5.32 Å². The molecule has 0 radical (unpaired) electrons. The summed E-state index contributed by atoms with van der Waals surface area (Å²) in [6.07, 6.45) is 0.259. The van der Waals surface area contributed by atoms with Gasteiger partial charge < -0.3 is 14.8 Å². The average molecular weight is 319 g/mol. The maximum absolute atomic E-state index is 12.3. The molecule has 0 unspecified atom stereocenters. The molecule has 1 aromatic carbocycles. The third-order valence-corrected chi connectivity index (χ3v) is 3.38. The van der Waals surface area contributed by atoms with E-state index in [1.807, 2.05) is 0 Å². The predicted molar refractivity (Wildman–Crippen MR) is 82.8 cm³/mol. The number of amides is 1. The summed E-state index contributed by atoms with van der Waals surface area (Å²) in [4.78, 5) is 36.1. The van der Waals surface area contributed by atoms with Crippen molar-refractivity contribution in [3.8, 4) is 0 Å². The molecule has 1 aliphatic heterocycles. The second-order valence-electron chi connectivity index (χ2n) is 6.72. The molecule has 1 aliphatic rings. The highest BCUT2D eigenvalue weighted by Crippen LogP contribution is 2.28. The molecule has 0 bridgehead atoms. The molecule has 6 nitrogen and oxygen atoms in total. The number of carbonyl (C=O) groups is 3. The second-order valence-corrected chi connectivity index (χ2v) is 6.72. The molecule has 124 valence electrons. The fourth-order valence-electron chi connectivity index (χ4n) is 2.38. The fraction of sp³-hybridized carbons (Fsp3) is 0.471. The van der Waals surface area contributed by atoms with E-state index >= 15 is 0 Å². The highest BCUT2D eigenvalue weighted by Gasteiger charge is 2.42. The Hall–Kier alpha value is -2.37. The molecule has 0 saturated heterocycles. The van der Waals surface area contributed by atoms with Crippen LogP contribution in [-0.4, -0.2) is 35.6 Å². The predicted octanol–water partition coefficient (Wildman–Crippen LogP) is 1.62. The van der Waals surface area contributed by atoms with Crippen LogP contribution in [-0.2, 0) is 25.5 Å². The van der Waals surface area contributed by atoms with Gasteiger partial charge in [-0.25, -0.2) is 4.79 Å². The van der Waals surface area contributed by atoms with Crippen LogP contribution >= 0.6 is 0 Å². The highest BCUT2D eigenvalue weighted by atomic mass is 16.6. The summed E-state index contributed by atoms with van der Waals surface area (Å²) in [6.45, 7) is 6.49. The van der Waals surface area contributed by atoms with Gasteiger partial charge in [0.15, 0.2) is 5.60 Å². The maximum atomic E-state index is 12.3. The van der Waals surface area contributed by atoms with Crippen molar-refractivity contribution in [2.45, 2.75) is 45.3 Å². The smallest absolute Gasteiger partial charge is 0.339 e. The Kier molecular flexibility index (Phi) is 4.45. The van der Waals surface area contributed by atoms with Crippen LogP contribution in [0.4, 0.5) is 0 Å². The molecule has 0 spiro atoms. The topological polar surface area (TPSA) is 81.7 Å². The van der Waals surface area contributed by atoms with E-state index in [-0.39, 0.29) is 13.0 Å². The van der Waals surface area contributed by atoms with Gasteiger partial charge in [-0.15, -0.1) is 0 Å². The number of cyclic esters (lactones) is 1. The SMILES string of the molecule is CC(C)(C)OC(=O)CNC(=O)[C@]1(C)Cc2ccccc2C(=O)O1. The van der Waals surface area contributed by atoms with E-state index in [4.69, 9.17) is 9.47 Å². The number of rotatable bonds is 3. The van der Waals surface area contributed by atoms with E-state index in [0.29, 0.717) is 5.56 Å². The first-order chi connectivity index (χ1) is 10.6. The zero-order chi connectivity index (χ0) is 17.3. The molecule has 2 rings (SSSR count). The molecule has 0 saturated carbocycles. The summed E-state index contributed by atoms with van der Waals surface area (Å²) in [7, 11) is 0. The zero-order valence-corrected chi connectivity index (χ0v) is 13.8. The van der Waals surface area contributed by atoms with Gasteiger partial charge in [0.2, 0.25) is 0 Å². The van der Waals surface area contributed by atoms with Crippen LogP contribution in [0.1, 0.15) is 43.6 Å². The summed E-state index contributed by atoms with van der Waals surface area (Å²) in [5.41, 5.74) is -0.751. The van der Waals surface area contributed by atoms with E-state index in [9.17, 15) is 14.4 Å². The van der Waals surface area contributed by atoms with E-state index < -0.39 is 29.0 Å². The van der Waals surface area contributed by atoms with Crippen molar-refractivity contribution in [3.63, 3.8) is 0 Å². The number of hydrogen-bond acceptors (Lipinski definition) is 5. The van der Waals surface area contributed by atoms with Crippen LogP contribution < -0.4 is 5.32 Å². The van der Waals surface area contributed by atoms with Gasteiger partial charge in [0.1, 0.15) is 12.1 Å². The van der Waals surface area contributed by atoms with E-state index in [0.717, 1.165) is 5.56 Å². The lowest BCUT2D eigenvalue weighted by atomic mass is 9.89. The van der Waals surface area contributed by atoms with Gasteiger partial charge >= 0.3 is 11.9 Å². The van der Waals surface area contributed by atoms with Crippen LogP contribution in [0.25, 0.3) is 0 Å². The third-order valence-electron chi connectivity index (χ3n) is 3.38. The summed E-state index contributed by atoms with van der Waals surface area (Å²) in [6, 6.07) is 6.99. The minimum atomic E-state index is -1.34. The van der Waals surface area contributed by atoms with Gasteiger partial charge in [-0.1, -0.05) is 18.2 Å². The van der Waals surface area contributed by atoms with Gasteiger partial charge in [-0.3, -0.25) is 9.59 Å². The largest absolute Gasteiger partial charge is 0.459 e. The molecule has 1 N–H and O–H groups in total. The van der Waals surface area contributed by atoms with E-state index in [2.05, 4.69) is 5.32 Å². The first-order valence-electron chi connectivity index (χ1n) is 7.42. The Labute approximate surface area is 135 Å². The third kappa shape index (κ3) is 4.09. The first kappa shape index (κ1) is 17.0. The molecule has 23 heavy (non-hydrogen) atoms. The second kappa shape index (κ2) is 6.02. The lowest BCUT2D eigenvalue weighted by Crippen LogP contribution is -2.52. The average Bonchev–Trinajstić information content (AvgIpc) is 2.42. The Morgan fingerprint density at radius 1 is 1.30 bits per heavy atom. The van der Waals surface area contributed by atoms with Crippen LogP contribution in [0.15, 0.2) is 24.3 Å². The number of ether oxygens (including phenoxy) is 2. The zero-order valence-electron chi connectivity index (χ0n) is 13.8. The molecule has 1 heterocycles. The molecular formula is C17H21NO5. The van der Waals surface area contributed by atoms with Crippen molar-refractivity contribution >= 4 is 17.8 Å². The number of nitrogens with one attached hydrogen (secondary N) is 1. The van der Waals surface area contributed by atoms with Crippen molar-refractivity contribution in [2.24, 2.45) is 0 Å². The van der Waals surface area contributed by atoms with Gasteiger partial charge in [-0.05, 0) is 39.3 Å². The molecule has 0 aliphatic carbocycles. The lowest BCUT2D eigenvalue weighted by Gasteiger charge is -2.33. The van der Waals surface area contributed by atoms with Gasteiger partial charge in [0, 0.05) is 6.42 Å². The van der Waals surface area contributed by atoms with Crippen LogP contribution in [0.5, 0.6) is 0 Å². The standard InChI is InChI=1S/C17H21NO5/c1-16(2,3)22-13(19)10-18-15(21)17(4)9-11-7-5-6-8-12(11)14(20)23-17/h5-8H,9-10H2,1-4H3,(H,18,21)/t17-/m0/s1. The monoisotopic (exact) mass is 319 g/mol. The van der Waals surface area contributed by atoms with E-state index in [1.165, 1.54) is 6.92 Å². The highest BCUT2D eigenvalue weighted by molar-refractivity contribution is 5.98. The van der Waals surface area contributed by atoms with E-state index in [1.54, 1.807) is 45.0 Å². The van der Waals surface area contributed by atoms with Gasteiger partial charge in [0.25, 0.3) is 5.91 Å². The molecular weight excluding hydrogens is 298 g/mol. The minimum absolute atomic E-state index is 0.259. The number of benzene rings is 1. The fourth-order valence-corrected chi connectivity index (χ4v) is 2.38. The minimum Gasteiger partial charge on any atom is -0.459 e. The molecule has 6 heteroatoms. The number of esters is 2. The normalized spacial score (nSPS) is 20.3. The van der Waals surface area contributed by atoms with Crippen molar-refractivity contribution in [2.75, 3.05) is 6.54 Å². The number of fused-ring (bicyclic) bond motifs is 1. The van der Waals surface area contributed by atoms with Gasteiger partial charge in [0.05, 0.1) is 5.56 Å². The molecule has 1 aromatic rings. The summed E-state index contributed by atoms with van der Waals surface area (Å²) >= 11 is 0. The maximum Gasteiger partial charge on any atom is 0.339 e. The Bertz CT molecular complexity index is 647. The van der Waals surface area contributed by atoms with Crippen LogP contribution in [0, 0.1) is 0 Å². The summed E-state index contributed by atoms with van der Waals surface area (Å²) in [5.74, 6) is -1.61. The van der Waals surface area contributed by atoms with Crippen LogP contribution in [0.2, 0.25) is 0 Å². The van der Waals surface area contributed by atoms with Crippen molar-refractivity contribution in [3.05, 3.63) is 35.4 Å². The summed E-state index contributed by atoms with van der Waals surface area (Å²) in [5, 5.41) is 2.48. The molecule has 1 amide bonds. The van der Waals surface area contributed by atoms with Crippen molar-refractivity contribution < 1.29 is 23.9 Å². The first-order valence-corrected chi connectivity index (χ1v) is 7.42. The Balaban J connectivity index is 2.03.